The Hall–Kier alpha value is -1.61. The second-order valence-electron chi connectivity index (χ2n) is 6.64. The van der Waals surface area contributed by atoms with Crippen LogP contribution in [0.5, 0.6) is 0 Å². The van der Waals surface area contributed by atoms with Crippen molar-refractivity contribution in [2.75, 3.05) is 13.1 Å². The fourth-order valence-electron chi connectivity index (χ4n) is 3.78. The molecule has 2 aliphatic rings. The van der Waals surface area contributed by atoms with Crippen LogP contribution in [0.15, 0.2) is 18.2 Å². The second kappa shape index (κ2) is 6.12. The molecule has 1 aliphatic heterocycles. The number of aryl methyl sites for hydroxylation is 1. The number of likely N-dealkylation sites (tertiary alicyclic amines) is 1. The number of fused-ring (bicyclic) bond motifs is 2. The lowest BCUT2D eigenvalue weighted by molar-refractivity contribution is 0.0724. The Morgan fingerprint density at radius 3 is 2.65 bits per heavy atom. The first-order chi connectivity index (χ1) is 11.2. The number of hydrogen-bond donors (Lipinski definition) is 0. The lowest BCUT2D eigenvalue weighted by Gasteiger charge is -2.27. The van der Waals surface area contributed by atoms with Gasteiger partial charge in [-0.2, -0.15) is 0 Å². The number of rotatable bonds is 1. The van der Waals surface area contributed by atoms with E-state index < -0.39 is 0 Å². The molecule has 0 saturated carbocycles. The van der Waals surface area contributed by atoms with Crippen molar-refractivity contribution >= 4 is 28.4 Å². The Morgan fingerprint density at radius 2 is 1.83 bits per heavy atom. The standard InChI is InChI=1S/C19H21ClN2O/c20-18-14-6-2-3-7-16(14)21-17-12-13(8-9-15(17)18)19(23)22-10-4-1-5-11-22/h8-9,12H,1-7,10-11H2. The number of pyridine rings is 1. The highest BCUT2D eigenvalue weighted by molar-refractivity contribution is 6.36. The van der Waals surface area contributed by atoms with Crippen LogP contribution in [-0.2, 0) is 12.8 Å². The maximum Gasteiger partial charge on any atom is 0.253 e. The predicted octanol–water partition coefficient (Wildman–Crippen LogP) is 4.39. The molecule has 1 saturated heterocycles. The molecule has 0 N–H and O–H groups in total. The van der Waals surface area contributed by atoms with Crippen LogP contribution in [0.25, 0.3) is 10.9 Å². The Kier molecular flexibility index (Phi) is 3.98. The zero-order valence-electron chi connectivity index (χ0n) is 13.3. The molecule has 1 aromatic carbocycles. The summed E-state index contributed by atoms with van der Waals surface area (Å²) in [5, 5.41) is 1.81. The maximum absolute atomic E-state index is 12.7. The van der Waals surface area contributed by atoms with Crippen molar-refractivity contribution in [2.24, 2.45) is 0 Å². The van der Waals surface area contributed by atoms with Crippen LogP contribution in [0.3, 0.4) is 0 Å². The highest BCUT2D eigenvalue weighted by Crippen LogP contribution is 2.33. The van der Waals surface area contributed by atoms with Gasteiger partial charge in [0.15, 0.2) is 0 Å². The number of carbonyl (C=O) groups excluding carboxylic acids is 1. The molecule has 2 heterocycles. The molecular formula is C19H21ClN2O. The van der Waals surface area contributed by atoms with Crippen LogP contribution in [0.4, 0.5) is 0 Å². The Balaban J connectivity index is 1.74. The van der Waals surface area contributed by atoms with Crippen LogP contribution in [0, 0.1) is 0 Å². The van der Waals surface area contributed by atoms with E-state index >= 15 is 0 Å². The maximum atomic E-state index is 12.7. The van der Waals surface area contributed by atoms with Gasteiger partial charge in [0.05, 0.1) is 10.5 Å². The zero-order valence-corrected chi connectivity index (χ0v) is 14.0. The van der Waals surface area contributed by atoms with Gasteiger partial charge < -0.3 is 4.90 Å². The lowest BCUT2D eigenvalue weighted by atomic mass is 9.94. The third-order valence-corrected chi connectivity index (χ3v) is 5.52. The molecule has 0 radical (unpaired) electrons. The molecule has 1 aliphatic carbocycles. The number of benzene rings is 1. The molecule has 2 aromatic rings. The minimum absolute atomic E-state index is 0.127. The third kappa shape index (κ3) is 2.72. The SMILES string of the molecule is O=C(c1ccc2c(Cl)c3c(nc2c1)CCCC3)N1CCCCC1. The lowest BCUT2D eigenvalue weighted by Crippen LogP contribution is -2.35. The topological polar surface area (TPSA) is 33.2 Å². The summed E-state index contributed by atoms with van der Waals surface area (Å²) in [6, 6.07) is 5.80. The van der Waals surface area contributed by atoms with E-state index in [1.807, 2.05) is 23.1 Å². The summed E-state index contributed by atoms with van der Waals surface area (Å²) in [6.07, 6.45) is 7.82. The first kappa shape index (κ1) is 14.9. The normalized spacial score (nSPS) is 18.0. The number of carbonyl (C=O) groups is 1. The van der Waals surface area contributed by atoms with Crippen molar-refractivity contribution in [3.63, 3.8) is 0 Å². The molecule has 0 atom stereocenters. The van der Waals surface area contributed by atoms with Gasteiger partial charge in [-0.05, 0) is 62.6 Å². The van der Waals surface area contributed by atoms with Crippen LogP contribution < -0.4 is 0 Å². The van der Waals surface area contributed by atoms with E-state index in [1.54, 1.807) is 0 Å². The van der Waals surface area contributed by atoms with E-state index in [0.717, 1.165) is 66.0 Å². The molecule has 1 aromatic heterocycles. The van der Waals surface area contributed by atoms with E-state index in [9.17, 15) is 4.79 Å². The van der Waals surface area contributed by atoms with Crippen molar-refractivity contribution in [2.45, 2.75) is 44.9 Å². The number of hydrogen-bond acceptors (Lipinski definition) is 2. The van der Waals surface area contributed by atoms with Gasteiger partial charge in [0.25, 0.3) is 5.91 Å². The Bertz CT molecular complexity index is 766. The largest absolute Gasteiger partial charge is 0.339 e. The minimum Gasteiger partial charge on any atom is -0.339 e. The summed E-state index contributed by atoms with van der Waals surface area (Å²) in [5.41, 5.74) is 3.93. The monoisotopic (exact) mass is 328 g/mol. The number of nitrogens with zero attached hydrogens (tertiary/aromatic N) is 2. The summed E-state index contributed by atoms with van der Waals surface area (Å²) in [5.74, 6) is 0.127. The number of halogens is 1. The van der Waals surface area contributed by atoms with Gasteiger partial charge in [0.2, 0.25) is 0 Å². The first-order valence-corrected chi connectivity index (χ1v) is 9.02. The zero-order chi connectivity index (χ0) is 15.8. The fourth-order valence-corrected chi connectivity index (χ4v) is 4.14. The van der Waals surface area contributed by atoms with E-state index in [1.165, 1.54) is 24.8 Å². The summed E-state index contributed by atoms with van der Waals surface area (Å²) >= 11 is 6.60. The van der Waals surface area contributed by atoms with E-state index in [-0.39, 0.29) is 5.91 Å². The highest BCUT2D eigenvalue weighted by Gasteiger charge is 2.21. The van der Waals surface area contributed by atoms with Gasteiger partial charge in [-0.25, -0.2) is 0 Å². The third-order valence-electron chi connectivity index (χ3n) is 5.08. The molecule has 0 spiro atoms. The van der Waals surface area contributed by atoms with Crippen LogP contribution in [0.2, 0.25) is 5.02 Å². The first-order valence-electron chi connectivity index (χ1n) is 8.64. The average molecular weight is 329 g/mol. The van der Waals surface area contributed by atoms with Crippen molar-refractivity contribution < 1.29 is 4.79 Å². The Labute approximate surface area is 141 Å². The summed E-state index contributed by atoms with van der Waals surface area (Å²) in [7, 11) is 0. The molecule has 1 fully saturated rings. The van der Waals surface area contributed by atoms with Crippen LogP contribution >= 0.6 is 11.6 Å². The van der Waals surface area contributed by atoms with Crippen molar-refractivity contribution in [1.82, 2.24) is 9.88 Å². The molecule has 120 valence electrons. The van der Waals surface area contributed by atoms with Crippen molar-refractivity contribution in [1.29, 1.82) is 0 Å². The molecule has 1 amide bonds. The number of amides is 1. The van der Waals surface area contributed by atoms with E-state index in [2.05, 4.69) is 0 Å². The molecule has 23 heavy (non-hydrogen) atoms. The molecule has 4 rings (SSSR count). The van der Waals surface area contributed by atoms with Gasteiger partial charge in [0.1, 0.15) is 0 Å². The molecular weight excluding hydrogens is 308 g/mol. The van der Waals surface area contributed by atoms with E-state index in [0.29, 0.717) is 0 Å². The molecule has 3 nitrogen and oxygen atoms in total. The molecule has 0 bridgehead atoms. The van der Waals surface area contributed by atoms with Crippen LogP contribution in [-0.4, -0.2) is 28.9 Å². The quantitative estimate of drug-likeness (QED) is 0.777. The van der Waals surface area contributed by atoms with Crippen molar-refractivity contribution in [3.05, 3.63) is 40.0 Å². The molecule has 4 heteroatoms. The summed E-state index contributed by atoms with van der Waals surface area (Å²) in [6.45, 7) is 1.74. The predicted molar refractivity (Wildman–Crippen MR) is 93.1 cm³/mol. The van der Waals surface area contributed by atoms with Gasteiger partial charge >= 0.3 is 0 Å². The van der Waals surface area contributed by atoms with Gasteiger partial charge in [-0.3, -0.25) is 9.78 Å². The van der Waals surface area contributed by atoms with Crippen molar-refractivity contribution in [3.8, 4) is 0 Å². The van der Waals surface area contributed by atoms with Gasteiger partial charge in [-0.1, -0.05) is 17.7 Å². The number of aromatic nitrogens is 1. The number of piperidine rings is 1. The fraction of sp³-hybridized carbons (Fsp3) is 0.474. The smallest absolute Gasteiger partial charge is 0.253 e. The molecule has 0 unspecified atom stereocenters. The summed E-state index contributed by atoms with van der Waals surface area (Å²) in [4.78, 5) is 19.5. The highest BCUT2D eigenvalue weighted by atomic mass is 35.5. The summed E-state index contributed by atoms with van der Waals surface area (Å²) < 4.78 is 0. The minimum atomic E-state index is 0.127. The van der Waals surface area contributed by atoms with Crippen LogP contribution in [0.1, 0.15) is 53.7 Å². The second-order valence-corrected chi connectivity index (χ2v) is 7.02. The Morgan fingerprint density at radius 1 is 1.04 bits per heavy atom. The van der Waals surface area contributed by atoms with Gasteiger partial charge in [0, 0.05) is 29.7 Å². The van der Waals surface area contributed by atoms with E-state index in [4.69, 9.17) is 16.6 Å². The average Bonchev–Trinajstić information content (AvgIpc) is 2.61. The van der Waals surface area contributed by atoms with Gasteiger partial charge in [-0.15, -0.1) is 0 Å².